The number of aromatic nitrogens is 2. The molecule has 0 aliphatic carbocycles. The number of benzene rings is 1. The molecule has 0 amide bonds. The van der Waals surface area contributed by atoms with Gasteiger partial charge in [0, 0.05) is 44.1 Å². The predicted molar refractivity (Wildman–Crippen MR) is 143 cm³/mol. The minimum atomic E-state index is 0. The number of imidazole rings is 1. The third-order valence-electron chi connectivity index (χ3n) is 5.51. The topological polar surface area (TPSA) is 72.2 Å². The van der Waals surface area contributed by atoms with E-state index in [2.05, 4.69) is 53.9 Å². The van der Waals surface area contributed by atoms with E-state index in [1.807, 2.05) is 28.8 Å². The van der Waals surface area contributed by atoms with E-state index in [0.717, 1.165) is 67.6 Å². The number of guanidine groups is 1. The van der Waals surface area contributed by atoms with E-state index in [1.54, 1.807) is 0 Å². The molecule has 4 rings (SSSR count). The number of pyridine rings is 1. The third kappa shape index (κ3) is 7.33. The molecule has 8 heteroatoms. The van der Waals surface area contributed by atoms with E-state index >= 15 is 0 Å². The Labute approximate surface area is 213 Å². The zero-order valence-electron chi connectivity index (χ0n) is 19.4. The minimum absolute atomic E-state index is 0. The normalized spacial score (nSPS) is 15.9. The highest BCUT2D eigenvalue weighted by Gasteiger charge is 2.17. The van der Waals surface area contributed by atoms with E-state index in [0.29, 0.717) is 13.2 Å². The van der Waals surface area contributed by atoms with Gasteiger partial charge in [-0.2, -0.15) is 0 Å². The van der Waals surface area contributed by atoms with Crippen molar-refractivity contribution >= 4 is 35.6 Å². The standard InChI is InChI=1S/C25H33N5O2.HI/c1-3-26-25(27-12-11-21-17-30-13-5-4-8-24(30)29-21)28-16-20-10-9-19(2)15-23(20)32-18-22-7-6-14-31-22;/h4-5,8-10,13,15,17,22H,3,6-7,11-12,14,16,18H2,1-2H3,(H2,26,27,28);1H. The Balaban J connectivity index is 0.00000306. The highest BCUT2D eigenvalue weighted by molar-refractivity contribution is 14.0. The molecule has 1 saturated heterocycles. The van der Waals surface area contributed by atoms with Crippen molar-refractivity contribution < 1.29 is 9.47 Å². The Hall–Kier alpha value is -2.33. The van der Waals surface area contributed by atoms with Crippen molar-refractivity contribution in [3.8, 4) is 5.75 Å². The molecule has 0 bridgehead atoms. The molecule has 1 unspecified atom stereocenters. The fraction of sp³-hybridized carbons (Fsp3) is 0.440. The second kappa shape index (κ2) is 12.8. The molecule has 33 heavy (non-hydrogen) atoms. The summed E-state index contributed by atoms with van der Waals surface area (Å²) in [5.74, 6) is 1.69. The van der Waals surface area contributed by atoms with Gasteiger partial charge in [-0.25, -0.2) is 9.98 Å². The number of rotatable bonds is 9. The van der Waals surface area contributed by atoms with Crippen LogP contribution in [0.4, 0.5) is 0 Å². The molecule has 3 aromatic rings. The van der Waals surface area contributed by atoms with Gasteiger partial charge in [-0.05, 0) is 50.5 Å². The van der Waals surface area contributed by atoms with Crippen molar-refractivity contribution in [1.82, 2.24) is 20.0 Å². The summed E-state index contributed by atoms with van der Waals surface area (Å²) in [6.07, 6.45) is 7.30. The maximum Gasteiger partial charge on any atom is 0.191 e. The van der Waals surface area contributed by atoms with Gasteiger partial charge < -0.3 is 24.5 Å². The van der Waals surface area contributed by atoms with Crippen molar-refractivity contribution in [3.63, 3.8) is 0 Å². The van der Waals surface area contributed by atoms with Gasteiger partial charge in [-0.1, -0.05) is 18.2 Å². The summed E-state index contributed by atoms with van der Waals surface area (Å²) < 4.78 is 13.9. The average molecular weight is 563 g/mol. The van der Waals surface area contributed by atoms with Crippen LogP contribution in [-0.4, -0.2) is 47.8 Å². The smallest absolute Gasteiger partial charge is 0.191 e. The summed E-state index contributed by atoms with van der Waals surface area (Å²) in [7, 11) is 0. The molecular formula is C25H34IN5O2. The first-order valence-corrected chi connectivity index (χ1v) is 11.5. The van der Waals surface area contributed by atoms with Crippen molar-refractivity contribution in [3.05, 3.63) is 65.6 Å². The van der Waals surface area contributed by atoms with Gasteiger partial charge in [0.1, 0.15) is 18.0 Å². The van der Waals surface area contributed by atoms with Crippen molar-refractivity contribution in [2.75, 3.05) is 26.3 Å². The Bertz CT molecular complexity index is 1010. The second-order valence-corrected chi connectivity index (χ2v) is 8.13. The molecule has 3 heterocycles. The lowest BCUT2D eigenvalue weighted by Crippen LogP contribution is -2.38. The van der Waals surface area contributed by atoms with Gasteiger partial charge in [0.2, 0.25) is 0 Å². The van der Waals surface area contributed by atoms with Gasteiger partial charge in [0.05, 0.1) is 18.3 Å². The summed E-state index contributed by atoms with van der Waals surface area (Å²) >= 11 is 0. The van der Waals surface area contributed by atoms with Crippen molar-refractivity contribution in [1.29, 1.82) is 0 Å². The van der Waals surface area contributed by atoms with Crippen molar-refractivity contribution in [2.24, 2.45) is 4.99 Å². The van der Waals surface area contributed by atoms with Crippen LogP contribution >= 0.6 is 24.0 Å². The SMILES string of the molecule is CCNC(=NCc1ccc(C)cc1OCC1CCCO1)NCCc1cn2ccccc2n1.I. The zero-order valence-corrected chi connectivity index (χ0v) is 21.7. The number of hydrogen-bond acceptors (Lipinski definition) is 4. The summed E-state index contributed by atoms with van der Waals surface area (Å²) in [4.78, 5) is 9.44. The first kappa shape index (κ1) is 25.3. The van der Waals surface area contributed by atoms with E-state index < -0.39 is 0 Å². The monoisotopic (exact) mass is 563 g/mol. The van der Waals surface area contributed by atoms with Crippen LogP contribution in [0.5, 0.6) is 5.75 Å². The number of nitrogens with one attached hydrogen (secondary N) is 2. The quantitative estimate of drug-likeness (QED) is 0.233. The Morgan fingerprint density at radius 2 is 2.18 bits per heavy atom. The van der Waals surface area contributed by atoms with Crippen molar-refractivity contribution in [2.45, 2.75) is 45.8 Å². The summed E-state index contributed by atoms with van der Waals surface area (Å²) in [5, 5.41) is 6.75. The number of fused-ring (bicyclic) bond motifs is 1. The lowest BCUT2D eigenvalue weighted by Gasteiger charge is -2.15. The molecule has 7 nitrogen and oxygen atoms in total. The molecule has 0 saturated carbocycles. The molecule has 178 valence electrons. The lowest BCUT2D eigenvalue weighted by atomic mass is 10.1. The van der Waals surface area contributed by atoms with Crippen LogP contribution in [0.1, 0.15) is 36.6 Å². The molecular weight excluding hydrogens is 529 g/mol. The highest BCUT2D eigenvalue weighted by Crippen LogP contribution is 2.23. The van der Waals surface area contributed by atoms with E-state index in [-0.39, 0.29) is 30.1 Å². The number of halogens is 1. The number of aryl methyl sites for hydroxylation is 1. The van der Waals surface area contributed by atoms with Gasteiger partial charge in [0.25, 0.3) is 0 Å². The Morgan fingerprint density at radius 1 is 1.27 bits per heavy atom. The third-order valence-corrected chi connectivity index (χ3v) is 5.51. The van der Waals surface area contributed by atoms with Crippen LogP contribution in [0.2, 0.25) is 0 Å². The second-order valence-electron chi connectivity index (χ2n) is 8.13. The summed E-state index contributed by atoms with van der Waals surface area (Å²) in [5.41, 5.74) is 4.28. The maximum atomic E-state index is 6.12. The summed E-state index contributed by atoms with van der Waals surface area (Å²) in [6.45, 7) is 7.69. The molecule has 1 aliphatic heterocycles. The molecule has 0 spiro atoms. The molecule has 2 aromatic heterocycles. The van der Waals surface area contributed by atoms with Crippen LogP contribution in [0.25, 0.3) is 5.65 Å². The van der Waals surface area contributed by atoms with Crippen LogP contribution in [-0.2, 0) is 17.7 Å². The lowest BCUT2D eigenvalue weighted by molar-refractivity contribution is 0.0676. The first-order chi connectivity index (χ1) is 15.7. The minimum Gasteiger partial charge on any atom is -0.491 e. The number of nitrogens with zero attached hydrogens (tertiary/aromatic N) is 3. The van der Waals surface area contributed by atoms with Gasteiger partial charge in [-0.3, -0.25) is 0 Å². The first-order valence-electron chi connectivity index (χ1n) is 11.5. The Morgan fingerprint density at radius 3 is 2.97 bits per heavy atom. The van der Waals surface area contributed by atoms with E-state index in [9.17, 15) is 0 Å². The van der Waals surface area contributed by atoms with Crippen LogP contribution in [0.15, 0.2) is 53.8 Å². The van der Waals surface area contributed by atoms with Crippen LogP contribution in [0, 0.1) is 6.92 Å². The zero-order chi connectivity index (χ0) is 22.2. The predicted octanol–water partition coefficient (Wildman–Crippen LogP) is 4.12. The van der Waals surface area contributed by atoms with Gasteiger partial charge in [0.15, 0.2) is 5.96 Å². The fourth-order valence-electron chi connectivity index (χ4n) is 3.81. The Kier molecular flexibility index (Phi) is 9.80. The fourth-order valence-corrected chi connectivity index (χ4v) is 3.81. The summed E-state index contributed by atoms with van der Waals surface area (Å²) in [6, 6.07) is 12.3. The van der Waals surface area contributed by atoms with Gasteiger partial charge >= 0.3 is 0 Å². The van der Waals surface area contributed by atoms with E-state index in [4.69, 9.17) is 14.5 Å². The molecule has 1 atom stereocenters. The maximum absolute atomic E-state index is 6.12. The van der Waals surface area contributed by atoms with Crippen LogP contribution < -0.4 is 15.4 Å². The molecule has 0 radical (unpaired) electrons. The van der Waals surface area contributed by atoms with E-state index in [1.165, 1.54) is 5.56 Å². The molecule has 1 aliphatic rings. The average Bonchev–Trinajstić information content (AvgIpc) is 3.46. The molecule has 1 fully saturated rings. The highest BCUT2D eigenvalue weighted by atomic mass is 127. The van der Waals surface area contributed by atoms with Crippen LogP contribution in [0.3, 0.4) is 0 Å². The number of ether oxygens (including phenoxy) is 2. The molecule has 1 aromatic carbocycles. The number of aliphatic imine (C=N–C) groups is 1. The van der Waals surface area contributed by atoms with Gasteiger partial charge in [-0.15, -0.1) is 24.0 Å². The largest absolute Gasteiger partial charge is 0.491 e. The number of hydrogen-bond donors (Lipinski definition) is 2. The molecule has 2 N–H and O–H groups in total.